The summed E-state index contributed by atoms with van der Waals surface area (Å²) in [6.45, 7) is 0.786. The average molecular weight is 515 g/mol. The van der Waals surface area contributed by atoms with Crippen LogP contribution < -0.4 is 10.4 Å². The van der Waals surface area contributed by atoms with Gasteiger partial charge in [0.2, 0.25) is 0 Å². The van der Waals surface area contributed by atoms with Crippen molar-refractivity contribution < 1.29 is 32.9 Å². The van der Waals surface area contributed by atoms with Crippen molar-refractivity contribution >= 4 is 17.0 Å². The zero-order valence-electron chi connectivity index (χ0n) is 20.3. The second-order valence-corrected chi connectivity index (χ2v) is 8.88. The Labute approximate surface area is 210 Å². The summed E-state index contributed by atoms with van der Waals surface area (Å²) in [6, 6.07) is 16.5. The van der Waals surface area contributed by atoms with Gasteiger partial charge in [0.05, 0.1) is 11.0 Å². The van der Waals surface area contributed by atoms with Crippen molar-refractivity contribution in [2.24, 2.45) is 14.1 Å². The number of aromatic nitrogens is 2. The molecule has 0 saturated carbocycles. The molecule has 0 spiro atoms. The first-order valence-corrected chi connectivity index (χ1v) is 11.3. The number of hydrogen-bond acceptors (Lipinski definition) is 4. The fourth-order valence-electron chi connectivity index (χ4n) is 4.64. The Morgan fingerprint density at radius 3 is 2.22 bits per heavy atom. The molecule has 0 bridgehead atoms. The smallest absolute Gasteiger partial charge is 0.422 e. The molecule has 0 radical (unpaired) electrons. The topological polar surface area (TPSA) is 93.7 Å². The maximum atomic E-state index is 14.7. The van der Waals surface area contributed by atoms with E-state index in [9.17, 15) is 27.9 Å². The summed E-state index contributed by atoms with van der Waals surface area (Å²) in [7, 11) is 2.99. The molecule has 2 atom stereocenters. The molecular weight excluding hydrogens is 489 g/mol. The van der Waals surface area contributed by atoms with Crippen LogP contribution in [0, 0.1) is 0 Å². The Morgan fingerprint density at radius 1 is 0.973 bits per heavy atom. The molecule has 2 N–H and O–H groups in total. The third kappa shape index (κ3) is 4.48. The number of fused-ring (bicyclic) bond motifs is 1. The van der Waals surface area contributed by atoms with Crippen molar-refractivity contribution in [3.8, 4) is 16.9 Å². The van der Waals surface area contributed by atoms with Gasteiger partial charge in [-0.1, -0.05) is 49.4 Å². The summed E-state index contributed by atoms with van der Waals surface area (Å²) in [5.41, 5.74) is -2.04. The first-order valence-electron chi connectivity index (χ1n) is 11.3. The fourth-order valence-corrected chi connectivity index (χ4v) is 4.64. The maximum Gasteiger partial charge on any atom is 0.422 e. The van der Waals surface area contributed by atoms with Crippen LogP contribution in [0.3, 0.4) is 0 Å². The number of hydrogen-bond donors (Lipinski definition) is 2. The molecule has 4 rings (SSSR count). The molecule has 3 aromatic carbocycles. The summed E-state index contributed by atoms with van der Waals surface area (Å²) < 4.78 is 51.7. The molecule has 0 aliphatic rings. The molecule has 7 nitrogen and oxygen atoms in total. The minimum absolute atomic E-state index is 0.253. The number of carbonyl (C=O) groups is 1. The average Bonchev–Trinajstić information content (AvgIpc) is 3.09. The quantitative estimate of drug-likeness (QED) is 0.377. The highest BCUT2D eigenvalue weighted by Crippen LogP contribution is 2.50. The van der Waals surface area contributed by atoms with Crippen molar-refractivity contribution in [2.75, 3.05) is 6.61 Å². The van der Waals surface area contributed by atoms with Gasteiger partial charge in [0.25, 0.3) is 0 Å². The Morgan fingerprint density at radius 2 is 1.59 bits per heavy atom. The lowest BCUT2D eigenvalue weighted by molar-refractivity contribution is -0.274. The van der Waals surface area contributed by atoms with Gasteiger partial charge >= 0.3 is 17.8 Å². The van der Waals surface area contributed by atoms with Crippen molar-refractivity contribution in [3.63, 3.8) is 0 Å². The van der Waals surface area contributed by atoms with E-state index in [-0.39, 0.29) is 16.6 Å². The van der Waals surface area contributed by atoms with Gasteiger partial charge in [-0.3, -0.25) is 9.13 Å². The molecule has 10 heteroatoms. The number of alkyl halides is 3. The van der Waals surface area contributed by atoms with E-state index in [1.165, 1.54) is 66.6 Å². The molecule has 0 fully saturated rings. The minimum Gasteiger partial charge on any atom is -0.482 e. The van der Waals surface area contributed by atoms with E-state index in [0.29, 0.717) is 22.4 Å². The predicted molar refractivity (Wildman–Crippen MR) is 132 cm³/mol. The summed E-state index contributed by atoms with van der Waals surface area (Å²) in [5, 5.41) is 20.2. The summed E-state index contributed by atoms with van der Waals surface area (Å²) in [4.78, 5) is 23.0. The number of carboxylic acids is 1. The highest BCUT2D eigenvalue weighted by atomic mass is 19.4. The summed E-state index contributed by atoms with van der Waals surface area (Å²) >= 11 is 0. The van der Waals surface area contributed by atoms with E-state index < -0.39 is 36.0 Å². The zero-order valence-corrected chi connectivity index (χ0v) is 20.3. The third-order valence-corrected chi connectivity index (χ3v) is 6.73. The van der Waals surface area contributed by atoms with Crippen molar-refractivity contribution in [1.82, 2.24) is 9.13 Å². The molecule has 1 heterocycles. The number of nitrogens with zero attached hydrogens (tertiary/aromatic N) is 2. The molecular formula is C27H25F3N2O5. The Hall–Kier alpha value is -4.05. The Bertz CT molecular complexity index is 1520. The first-order chi connectivity index (χ1) is 17.4. The van der Waals surface area contributed by atoms with Crippen LogP contribution in [-0.4, -0.2) is 38.1 Å². The van der Waals surface area contributed by atoms with Gasteiger partial charge in [0.1, 0.15) is 5.75 Å². The van der Waals surface area contributed by atoms with Crippen LogP contribution in [0.4, 0.5) is 13.2 Å². The maximum absolute atomic E-state index is 14.7. The molecule has 4 aromatic rings. The molecule has 0 aliphatic heterocycles. The predicted octanol–water partition coefficient (Wildman–Crippen LogP) is 4.56. The highest BCUT2D eigenvalue weighted by Gasteiger charge is 2.59. The molecule has 0 aliphatic carbocycles. The number of rotatable bonds is 7. The SMILES string of the molecule is CC(c1ccccc1-c1ccc(OCC(=O)O)cc1)C(O)(c1ccc2c(c1)n(C)c(=O)n2C)C(F)(F)F. The van der Waals surface area contributed by atoms with Crippen molar-refractivity contribution in [2.45, 2.75) is 24.6 Å². The van der Waals surface area contributed by atoms with Gasteiger partial charge in [-0.05, 0) is 46.5 Å². The standard InChI is InChI=1S/C27H25F3N2O5/c1-16(20-6-4-5-7-21(20)17-8-11-19(12-9-17)37-15-24(33)34)26(36,27(28,29)30)18-10-13-22-23(14-18)32(3)25(35)31(22)2/h4-14,16,36H,15H2,1-3H3,(H,33,34). The first kappa shape index (κ1) is 26.0. The molecule has 2 unspecified atom stereocenters. The number of aliphatic carboxylic acids is 1. The van der Waals surface area contributed by atoms with E-state index in [2.05, 4.69) is 0 Å². The number of ether oxygens (including phenoxy) is 1. The number of benzene rings is 3. The van der Waals surface area contributed by atoms with E-state index in [1.807, 2.05) is 0 Å². The van der Waals surface area contributed by atoms with Crippen LogP contribution in [0.2, 0.25) is 0 Å². The lowest BCUT2D eigenvalue weighted by Gasteiger charge is -2.37. The fraction of sp³-hybridized carbons (Fsp3) is 0.259. The second-order valence-electron chi connectivity index (χ2n) is 8.88. The van der Waals surface area contributed by atoms with E-state index in [4.69, 9.17) is 9.84 Å². The van der Waals surface area contributed by atoms with Gasteiger partial charge in [-0.25, -0.2) is 9.59 Å². The van der Waals surface area contributed by atoms with Crippen LogP contribution in [0.1, 0.15) is 24.0 Å². The van der Waals surface area contributed by atoms with E-state index >= 15 is 0 Å². The van der Waals surface area contributed by atoms with Crippen LogP contribution >= 0.6 is 0 Å². The summed E-state index contributed by atoms with van der Waals surface area (Å²) in [5.74, 6) is -2.28. The number of carboxylic acid groups (broad SMARTS) is 1. The number of aliphatic hydroxyl groups is 1. The highest BCUT2D eigenvalue weighted by molar-refractivity contribution is 5.77. The van der Waals surface area contributed by atoms with Crippen LogP contribution in [0.25, 0.3) is 22.2 Å². The number of imidazole rings is 1. The van der Waals surface area contributed by atoms with Crippen molar-refractivity contribution in [1.29, 1.82) is 0 Å². The zero-order chi connectivity index (χ0) is 27.1. The molecule has 37 heavy (non-hydrogen) atoms. The normalized spacial score (nSPS) is 14.4. The molecule has 1 aromatic heterocycles. The third-order valence-electron chi connectivity index (χ3n) is 6.73. The van der Waals surface area contributed by atoms with Crippen LogP contribution in [0.15, 0.2) is 71.5 Å². The van der Waals surface area contributed by atoms with Crippen LogP contribution in [0.5, 0.6) is 5.75 Å². The van der Waals surface area contributed by atoms with Gasteiger partial charge in [-0.2, -0.15) is 13.2 Å². The number of aryl methyl sites for hydroxylation is 2. The second kappa shape index (κ2) is 9.44. The number of halogens is 3. The van der Waals surface area contributed by atoms with Gasteiger partial charge in [0.15, 0.2) is 12.2 Å². The molecule has 0 amide bonds. The van der Waals surface area contributed by atoms with Gasteiger partial charge < -0.3 is 14.9 Å². The lowest BCUT2D eigenvalue weighted by Crippen LogP contribution is -2.46. The van der Waals surface area contributed by atoms with Crippen LogP contribution in [-0.2, 0) is 24.5 Å². The van der Waals surface area contributed by atoms with E-state index in [0.717, 1.165) is 0 Å². The molecule has 0 saturated heterocycles. The summed E-state index contributed by atoms with van der Waals surface area (Å²) in [6.07, 6.45) is -5.05. The Kier molecular flexibility index (Phi) is 6.64. The lowest BCUT2D eigenvalue weighted by atomic mass is 9.75. The minimum atomic E-state index is -5.05. The Balaban J connectivity index is 1.82. The molecule has 194 valence electrons. The monoisotopic (exact) mass is 514 g/mol. The largest absolute Gasteiger partial charge is 0.482 e. The van der Waals surface area contributed by atoms with E-state index in [1.54, 1.807) is 30.3 Å². The van der Waals surface area contributed by atoms with Gasteiger partial charge in [0, 0.05) is 20.0 Å². The van der Waals surface area contributed by atoms with Gasteiger partial charge in [-0.15, -0.1) is 0 Å². The van der Waals surface area contributed by atoms with Crippen molar-refractivity contribution in [3.05, 3.63) is 88.3 Å².